The Morgan fingerprint density at radius 1 is 1.19 bits per heavy atom. The number of carbonyl (C=O) groups excluding carboxylic acids is 1. The predicted molar refractivity (Wildman–Crippen MR) is 68.8 cm³/mol. The van der Waals surface area contributed by atoms with E-state index in [1.165, 1.54) is 0 Å². The molecule has 16 heavy (non-hydrogen) atoms. The van der Waals surface area contributed by atoms with E-state index in [4.69, 9.17) is 23.2 Å². The Morgan fingerprint density at radius 2 is 1.88 bits per heavy atom. The fourth-order valence-electron chi connectivity index (χ4n) is 1.43. The van der Waals surface area contributed by atoms with Gasteiger partial charge in [0.25, 0.3) is 0 Å². The molecule has 0 amide bonds. The van der Waals surface area contributed by atoms with Crippen LogP contribution >= 0.6 is 34.5 Å². The predicted octanol–water partition coefficient (Wildman–Crippen LogP) is 4.48. The van der Waals surface area contributed by atoms with Gasteiger partial charge in [0.1, 0.15) is 0 Å². The lowest BCUT2D eigenvalue weighted by Crippen LogP contribution is -2.04. The molecule has 0 saturated carbocycles. The molecule has 0 saturated heterocycles. The maximum atomic E-state index is 12.0. The van der Waals surface area contributed by atoms with Gasteiger partial charge in [-0.15, -0.1) is 0 Å². The molecule has 0 unspecified atom stereocenters. The van der Waals surface area contributed by atoms with E-state index < -0.39 is 0 Å². The average Bonchev–Trinajstić information content (AvgIpc) is 2.70. The third kappa shape index (κ3) is 2.46. The van der Waals surface area contributed by atoms with E-state index in [2.05, 4.69) is 0 Å². The number of ketones is 1. The fourth-order valence-corrected chi connectivity index (χ4v) is 2.71. The molecule has 1 nitrogen and oxygen atoms in total. The Labute approximate surface area is 108 Å². The van der Waals surface area contributed by atoms with Crippen molar-refractivity contribution in [3.8, 4) is 0 Å². The lowest BCUT2D eigenvalue weighted by Gasteiger charge is -2.04. The standard InChI is InChI=1S/C12H8Cl2OS/c13-9-2-1-3-10(14)12(9)11(15)6-8-4-5-16-7-8/h1-5,7H,6H2. The van der Waals surface area contributed by atoms with Crippen molar-refractivity contribution in [3.05, 3.63) is 56.2 Å². The molecule has 1 aromatic carbocycles. The minimum atomic E-state index is -0.0472. The van der Waals surface area contributed by atoms with Crippen molar-refractivity contribution < 1.29 is 4.79 Å². The molecule has 0 spiro atoms. The third-order valence-corrected chi connectivity index (χ3v) is 3.55. The maximum absolute atomic E-state index is 12.0. The van der Waals surface area contributed by atoms with Crippen LogP contribution in [0, 0.1) is 0 Å². The van der Waals surface area contributed by atoms with Crippen LogP contribution < -0.4 is 0 Å². The lowest BCUT2D eigenvalue weighted by atomic mass is 10.1. The molecule has 0 aliphatic rings. The first-order valence-electron chi connectivity index (χ1n) is 4.67. The van der Waals surface area contributed by atoms with Crippen molar-refractivity contribution in [3.63, 3.8) is 0 Å². The minimum absolute atomic E-state index is 0.0472. The number of carbonyl (C=O) groups is 1. The van der Waals surface area contributed by atoms with Gasteiger partial charge in [0.2, 0.25) is 0 Å². The fraction of sp³-hybridized carbons (Fsp3) is 0.0833. The van der Waals surface area contributed by atoms with Gasteiger partial charge in [-0.2, -0.15) is 11.3 Å². The van der Waals surface area contributed by atoms with Crippen molar-refractivity contribution in [2.24, 2.45) is 0 Å². The van der Waals surface area contributed by atoms with E-state index in [9.17, 15) is 4.79 Å². The quantitative estimate of drug-likeness (QED) is 0.752. The zero-order valence-electron chi connectivity index (χ0n) is 8.24. The molecule has 0 fully saturated rings. The summed E-state index contributed by atoms with van der Waals surface area (Å²) in [4.78, 5) is 12.0. The van der Waals surface area contributed by atoms with Gasteiger partial charge in [0, 0.05) is 6.42 Å². The molecule has 0 bridgehead atoms. The highest BCUT2D eigenvalue weighted by Gasteiger charge is 2.14. The SMILES string of the molecule is O=C(Cc1ccsc1)c1c(Cl)cccc1Cl. The van der Waals surface area contributed by atoms with Gasteiger partial charge in [-0.1, -0.05) is 29.3 Å². The van der Waals surface area contributed by atoms with Crippen molar-refractivity contribution in [1.29, 1.82) is 0 Å². The van der Waals surface area contributed by atoms with E-state index in [0.717, 1.165) is 5.56 Å². The van der Waals surface area contributed by atoms with Crippen LogP contribution in [0.2, 0.25) is 10.0 Å². The molecule has 0 aliphatic carbocycles. The number of Topliss-reactive ketones (excluding diaryl/α,β-unsaturated/α-hetero) is 1. The van der Waals surface area contributed by atoms with Gasteiger partial charge in [-0.3, -0.25) is 4.79 Å². The van der Waals surface area contributed by atoms with E-state index in [1.807, 2.05) is 16.8 Å². The first-order chi connectivity index (χ1) is 7.68. The molecule has 2 rings (SSSR count). The molecule has 4 heteroatoms. The number of halogens is 2. The third-order valence-electron chi connectivity index (χ3n) is 2.19. The zero-order chi connectivity index (χ0) is 11.5. The second-order valence-corrected chi connectivity index (χ2v) is 4.92. The summed E-state index contributed by atoms with van der Waals surface area (Å²) >= 11 is 13.5. The van der Waals surface area contributed by atoms with E-state index in [0.29, 0.717) is 22.0 Å². The number of benzene rings is 1. The van der Waals surface area contributed by atoms with E-state index in [-0.39, 0.29) is 5.78 Å². The molecular weight excluding hydrogens is 263 g/mol. The Kier molecular flexibility index (Phi) is 3.64. The zero-order valence-corrected chi connectivity index (χ0v) is 10.6. The molecule has 1 aromatic heterocycles. The van der Waals surface area contributed by atoms with Crippen LogP contribution in [0.5, 0.6) is 0 Å². The average molecular weight is 271 g/mol. The maximum Gasteiger partial charge on any atom is 0.170 e. The highest BCUT2D eigenvalue weighted by Crippen LogP contribution is 2.25. The highest BCUT2D eigenvalue weighted by molar-refractivity contribution is 7.08. The van der Waals surface area contributed by atoms with Crippen molar-refractivity contribution in [1.82, 2.24) is 0 Å². The highest BCUT2D eigenvalue weighted by atomic mass is 35.5. The molecule has 0 radical (unpaired) electrons. The van der Waals surface area contributed by atoms with Crippen LogP contribution in [-0.4, -0.2) is 5.78 Å². The van der Waals surface area contributed by atoms with Crippen molar-refractivity contribution in [2.75, 3.05) is 0 Å². The van der Waals surface area contributed by atoms with E-state index >= 15 is 0 Å². The second-order valence-electron chi connectivity index (χ2n) is 3.33. The summed E-state index contributed by atoms with van der Waals surface area (Å²) in [5.41, 5.74) is 1.41. The van der Waals surface area contributed by atoms with Gasteiger partial charge < -0.3 is 0 Å². The summed E-state index contributed by atoms with van der Waals surface area (Å²) in [6.45, 7) is 0. The molecule has 0 atom stereocenters. The van der Waals surface area contributed by atoms with Crippen molar-refractivity contribution in [2.45, 2.75) is 6.42 Å². The van der Waals surface area contributed by atoms with Gasteiger partial charge in [-0.25, -0.2) is 0 Å². The lowest BCUT2D eigenvalue weighted by molar-refractivity contribution is 0.0993. The Morgan fingerprint density at radius 3 is 2.44 bits per heavy atom. The van der Waals surface area contributed by atoms with Crippen LogP contribution in [0.25, 0.3) is 0 Å². The van der Waals surface area contributed by atoms with E-state index in [1.54, 1.807) is 29.5 Å². The summed E-state index contributed by atoms with van der Waals surface area (Å²) in [5.74, 6) is -0.0472. The summed E-state index contributed by atoms with van der Waals surface area (Å²) in [7, 11) is 0. The van der Waals surface area contributed by atoms with Crippen LogP contribution in [0.15, 0.2) is 35.0 Å². The molecule has 0 N–H and O–H groups in total. The Hall–Kier alpha value is -0.830. The summed E-state index contributed by atoms with van der Waals surface area (Å²) in [6.07, 6.45) is 0.340. The van der Waals surface area contributed by atoms with Crippen LogP contribution in [0.4, 0.5) is 0 Å². The van der Waals surface area contributed by atoms with Crippen LogP contribution in [-0.2, 0) is 6.42 Å². The molecule has 82 valence electrons. The van der Waals surface area contributed by atoms with Crippen LogP contribution in [0.1, 0.15) is 15.9 Å². The largest absolute Gasteiger partial charge is 0.294 e. The summed E-state index contributed by atoms with van der Waals surface area (Å²) in [6, 6.07) is 7.00. The van der Waals surface area contributed by atoms with Gasteiger partial charge in [0.15, 0.2) is 5.78 Å². The van der Waals surface area contributed by atoms with Gasteiger partial charge >= 0.3 is 0 Å². The summed E-state index contributed by atoms with van der Waals surface area (Å²) < 4.78 is 0. The molecule has 2 aromatic rings. The Balaban J connectivity index is 2.28. The normalized spacial score (nSPS) is 10.4. The summed E-state index contributed by atoms with van der Waals surface area (Å²) in [5, 5.41) is 4.71. The molecule has 1 heterocycles. The van der Waals surface area contributed by atoms with Gasteiger partial charge in [0.05, 0.1) is 15.6 Å². The molecule has 0 aliphatic heterocycles. The number of thiophene rings is 1. The number of hydrogen-bond donors (Lipinski definition) is 0. The second kappa shape index (κ2) is 5.00. The molecular formula is C12H8Cl2OS. The first-order valence-corrected chi connectivity index (χ1v) is 6.36. The Bertz CT molecular complexity index is 485. The topological polar surface area (TPSA) is 17.1 Å². The number of hydrogen-bond acceptors (Lipinski definition) is 2. The first kappa shape index (κ1) is 11.6. The van der Waals surface area contributed by atoms with Crippen LogP contribution in [0.3, 0.4) is 0 Å². The smallest absolute Gasteiger partial charge is 0.170 e. The monoisotopic (exact) mass is 270 g/mol. The van der Waals surface area contributed by atoms with Gasteiger partial charge in [-0.05, 0) is 34.5 Å². The number of rotatable bonds is 3. The minimum Gasteiger partial charge on any atom is -0.294 e. The van der Waals surface area contributed by atoms with Crippen molar-refractivity contribution >= 4 is 40.3 Å².